The highest BCUT2D eigenvalue weighted by Gasteiger charge is 2.30. The second kappa shape index (κ2) is 8.75. The van der Waals surface area contributed by atoms with Gasteiger partial charge in [0.15, 0.2) is 0 Å². The normalized spacial score (nSPS) is 24.6. The number of hydrogen-bond donors (Lipinski definition) is 2. The number of carbonyl (C=O) groups is 1. The molecule has 2 aromatic carbocycles. The summed E-state index contributed by atoms with van der Waals surface area (Å²) in [5.41, 5.74) is 3.69. The fraction of sp³-hybridized carbons (Fsp3) is 0.458. The van der Waals surface area contributed by atoms with Crippen molar-refractivity contribution in [1.82, 2.24) is 10.6 Å². The van der Waals surface area contributed by atoms with E-state index in [0.717, 1.165) is 42.9 Å². The maximum absolute atomic E-state index is 12.2. The lowest BCUT2D eigenvalue weighted by atomic mass is 9.83. The standard InChI is InChI=1S/C24H29N3O4S/c28-24-23-14-21(7-4-18(23)15-26-24)31-16-19-8-10-25-11-9-22(19)17-2-5-20(6-3-17)27-12-1-13-32(27,29)30/h2-7,14,19,22,25H,1,8-13,15-16H2,(H,26,28)/t19-,22-/m1/s1. The number of benzene rings is 2. The first-order valence-corrected chi connectivity index (χ1v) is 13.0. The van der Waals surface area contributed by atoms with Crippen molar-refractivity contribution in [3.8, 4) is 5.75 Å². The minimum absolute atomic E-state index is 0.0397. The molecule has 170 valence electrons. The maximum Gasteiger partial charge on any atom is 0.252 e. The van der Waals surface area contributed by atoms with Crippen LogP contribution in [0.3, 0.4) is 0 Å². The molecule has 2 aromatic rings. The zero-order valence-electron chi connectivity index (χ0n) is 18.0. The molecule has 2 atom stereocenters. The maximum atomic E-state index is 12.2. The number of fused-ring (bicyclic) bond motifs is 1. The number of amides is 1. The van der Waals surface area contributed by atoms with Crippen LogP contribution in [0.2, 0.25) is 0 Å². The highest BCUT2D eigenvalue weighted by molar-refractivity contribution is 7.93. The number of rotatable bonds is 5. The van der Waals surface area contributed by atoms with E-state index in [2.05, 4.69) is 22.8 Å². The third-order valence-electron chi connectivity index (χ3n) is 6.83. The predicted molar refractivity (Wildman–Crippen MR) is 124 cm³/mol. The first-order valence-electron chi connectivity index (χ1n) is 11.4. The molecule has 1 amide bonds. The lowest BCUT2D eigenvalue weighted by Crippen LogP contribution is -2.25. The molecule has 2 fully saturated rings. The summed E-state index contributed by atoms with van der Waals surface area (Å²) in [4.78, 5) is 12.0. The van der Waals surface area contributed by atoms with Gasteiger partial charge in [-0.3, -0.25) is 9.10 Å². The van der Waals surface area contributed by atoms with Gasteiger partial charge in [-0.1, -0.05) is 18.2 Å². The van der Waals surface area contributed by atoms with Crippen LogP contribution in [0.15, 0.2) is 42.5 Å². The van der Waals surface area contributed by atoms with Crippen molar-refractivity contribution in [1.29, 1.82) is 0 Å². The van der Waals surface area contributed by atoms with Crippen LogP contribution in [-0.4, -0.2) is 46.3 Å². The Bertz CT molecular complexity index is 1100. The van der Waals surface area contributed by atoms with Gasteiger partial charge >= 0.3 is 0 Å². The average molecular weight is 456 g/mol. The zero-order valence-corrected chi connectivity index (χ0v) is 18.9. The first-order chi connectivity index (χ1) is 15.5. The fourth-order valence-corrected chi connectivity index (χ4v) is 6.61. The van der Waals surface area contributed by atoms with Crippen molar-refractivity contribution >= 4 is 21.6 Å². The highest BCUT2D eigenvalue weighted by Crippen LogP contribution is 2.34. The fourth-order valence-electron chi connectivity index (χ4n) is 5.05. The van der Waals surface area contributed by atoms with Crippen LogP contribution >= 0.6 is 0 Å². The summed E-state index contributed by atoms with van der Waals surface area (Å²) in [5, 5.41) is 6.33. The van der Waals surface area contributed by atoms with E-state index in [1.54, 1.807) is 0 Å². The summed E-state index contributed by atoms with van der Waals surface area (Å²) in [6.45, 7) is 3.61. The molecule has 0 aliphatic carbocycles. The zero-order chi connectivity index (χ0) is 22.1. The minimum atomic E-state index is -3.17. The van der Waals surface area contributed by atoms with Crippen LogP contribution in [0.1, 0.15) is 46.7 Å². The number of hydrogen-bond acceptors (Lipinski definition) is 5. The summed E-state index contributed by atoms with van der Waals surface area (Å²) in [5.74, 6) is 1.57. The van der Waals surface area contributed by atoms with Crippen molar-refractivity contribution in [3.63, 3.8) is 0 Å². The smallest absolute Gasteiger partial charge is 0.252 e. The predicted octanol–water partition coefficient (Wildman–Crippen LogP) is 2.63. The topological polar surface area (TPSA) is 87.7 Å². The van der Waals surface area contributed by atoms with Gasteiger partial charge in [-0.05, 0) is 73.7 Å². The Hall–Kier alpha value is -2.58. The van der Waals surface area contributed by atoms with Crippen LogP contribution in [0.5, 0.6) is 5.75 Å². The molecule has 32 heavy (non-hydrogen) atoms. The third-order valence-corrected chi connectivity index (χ3v) is 8.70. The van der Waals surface area contributed by atoms with Gasteiger partial charge in [-0.2, -0.15) is 0 Å². The number of nitrogens with one attached hydrogen (secondary N) is 2. The van der Waals surface area contributed by atoms with Crippen LogP contribution in [0, 0.1) is 5.92 Å². The molecule has 8 heteroatoms. The van der Waals surface area contributed by atoms with Crippen molar-refractivity contribution in [2.75, 3.05) is 36.3 Å². The molecule has 0 aromatic heterocycles. The highest BCUT2D eigenvalue weighted by atomic mass is 32.2. The Kier molecular flexibility index (Phi) is 5.82. The molecule has 0 bridgehead atoms. The summed E-state index contributed by atoms with van der Waals surface area (Å²) < 4.78 is 32.2. The molecule has 0 spiro atoms. The van der Waals surface area contributed by atoms with Gasteiger partial charge in [0.2, 0.25) is 10.0 Å². The van der Waals surface area contributed by atoms with Crippen LogP contribution in [-0.2, 0) is 16.6 Å². The molecule has 2 N–H and O–H groups in total. The molecule has 0 saturated carbocycles. The van der Waals surface area contributed by atoms with E-state index in [4.69, 9.17) is 4.74 Å². The molecule has 3 aliphatic heterocycles. The molecule has 2 saturated heterocycles. The van der Waals surface area contributed by atoms with Gasteiger partial charge in [-0.15, -0.1) is 0 Å². The largest absolute Gasteiger partial charge is 0.493 e. The summed E-state index contributed by atoms with van der Waals surface area (Å²) in [6.07, 6.45) is 2.68. The Morgan fingerprint density at radius 2 is 1.88 bits per heavy atom. The van der Waals surface area contributed by atoms with E-state index >= 15 is 0 Å². The minimum Gasteiger partial charge on any atom is -0.493 e. The Morgan fingerprint density at radius 1 is 1.06 bits per heavy atom. The van der Waals surface area contributed by atoms with Gasteiger partial charge < -0.3 is 15.4 Å². The van der Waals surface area contributed by atoms with Gasteiger partial charge in [0.1, 0.15) is 5.75 Å². The molecule has 3 aliphatic rings. The van der Waals surface area contributed by atoms with E-state index in [0.29, 0.717) is 43.5 Å². The molecule has 0 unspecified atom stereocenters. The lowest BCUT2D eigenvalue weighted by Gasteiger charge is -2.26. The van der Waals surface area contributed by atoms with Crippen LogP contribution in [0.25, 0.3) is 0 Å². The lowest BCUT2D eigenvalue weighted by molar-refractivity contribution is 0.0965. The number of ether oxygens (including phenoxy) is 1. The molecular weight excluding hydrogens is 426 g/mol. The van der Waals surface area contributed by atoms with Crippen molar-refractivity contribution in [2.45, 2.75) is 31.7 Å². The first kappa shape index (κ1) is 21.3. The van der Waals surface area contributed by atoms with Crippen LogP contribution < -0.4 is 19.7 Å². The Labute approximate surface area is 189 Å². The van der Waals surface area contributed by atoms with Gasteiger partial charge in [0.25, 0.3) is 5.91 Å². The van der Waals surface area contributed by atoms with Crippen molar-refractivity contribution in [2.24, 2.45) is 5.92 Å². The second-order valence-electron chi connectivity index (χ2n) is 8.84. The summed E-state index contributed by atoms with van der Waals surface area (Å²) in [7, 11) is -3.17. The molecule has 3 heterocycles. The van der Waals surface area contributed by atoms with E-state index < -0.39 is 10.0 Å². The number of anilines is 1. The Morgan fingerprint density at radius 3 is 2.66 bits per heavy atom. The number of nitrogens with zero attached hydrogens (tertiary/aromatic N) is 1. The molecular formula is C24H29N3O4S. The van der Waals surface area contributed by atoms with Crippen LogP contribution in [0.4, 0.5) is 5.69 Å². The number of carbonyl (C=O) groups excluding carboxylic acids is 1. The van der Waals surface area contributed by atoms with Gasteiger partial charge in [-0.25, -0.2) is 8.42 Å². The average Bonchev–Trinajstić information content (AvgIpc) is 3.24. The van der Waals surface area contributed by atoms with Crippen molar-refractivity contribution < 1.29 is 17.9 Å². The Balaban J connectivity index is 1.31. The summed E-state index contributed by atoms with van der Waals surface area (Å²) >= 11 is 0. The van der Waals surface area contributed by atoms with E-state index in [9.17, 15) is 13.2 Å². The third kappa shape index (κ3) is 4.21. The second-order valence-corrected chi connectivity index (χ2v) is 10.9. The van der Waals surface area contributed by atoms with E-state index in [1.807, 2.05) is 30.3 Å². The monoisotopic (exact) mass is 455 g/mol. The van der Waals surface area contributed by atoms with Gasteiger partial charge in [0.05, 0.1) is 18.0 Å². The molecule has 7 nitrogen and oxygen atoms in total. The SMILES string of the molecule is O=C1NCc2ccc(OC[C@H]3CCNCC[C@@H]3c3ccc(N4CCCS4(=O)=O)cc3)cc21. The molecule has 0 radical (unpaired) electrons. The molecule has 5 rings (SSSR count). The quantitative estimate of drug-likeness (QED) is 0.724. The van der Waals surface area contributed by atoms with Gasteiger partial charge in [0, 0.05) is 24.6 Å². The van der Waals surface area contributed by atoms with Crippen molar-refractivity contribution in [3.05, 3.63) is 59.2 Å². The van der Waals surface area contributed by atoms with E-state index in [1.165, 1.54) is 9.87 Å². The van der Waals surface area contributed by atoms with E-state index in [-0.39, 0.29) is 11.7 Å². The number of sulfonamides is 1. The summed E-state index contributed by atoms with van der Waals surface area (Å²) in [6, 6.07) is 13.8.